The molecule has 2 amide bonds. The topological polar surface area (TPSA) is 62.6 Å². The lowest BCUT2D eigenvalue weighted by Gasteiger charge is -2.17. The molecule has 0 aromatic carbocycles. The van der Waals surface area contributed by atoms with E-state index < -0.39 is 11.7 Å². The molecule has 0 aliphatic carbocycles. The van der Waals surface area contributed by atoms with Crippen molar-refractivity contribution in [1.29, 1.82) is 0 Å². The van der Waals surface area contributed by atoms with Gasteiger partial charge in [0.1, 0.15) is 5.76 Å². The van der Waals surface area contributed by atoms with Crippen LogP contribution in [0.1, 0.15) is 22.7 Å². The van der Waals surface area contributed by atoms with Crippen LogP contribution >= 0.6 is 11.8 Å². The molecular formula is C12H14F2N2O3S. The highest BCUT2D eigenvalue weighted by atomic mass is 32.2. The average molecular weight is 304 g/mol. The Morgan fingerprint density at radius 2 is 2.30 bits per heavy atom. The number of hydrogen-bond acceptors (Lipinski definition) is 4. The Balaban J connectivity index is 1.99. The van der Waals surface area contributed by atoms with E-state index in [9.17, 15) is 18.4 Å². The predicted octanol–water partition coefficient (Wildman–Crippen LogP) is 1.70. The van der Waals surface area contributed by atoms with Gasteiger partial charge in [-0.1, -0.05) is 11.8 Å². The van der Waals surface area contributed by atoms with Gasteiger partial charge in [0.15, 0.2) is 5.76 Å². The van der Waals surface area contributed by atoms with Crippen molar-refractivity contribution in [3.05, 3.63) is 23.7 Å². The highest BCUT2D eigenvalue weighted by Crippen LogP contribution is 2.21. The van der Waals surface area contributed by atoms with Crippen molar-refractivity contribution in [2.45, 2.75) is 17.9 Å². The molecule has 2 heterocycles. The third kappa shape index (κ3) is 3.96. The number of hydrogen-bond donors (Lipinski definition) is 1. The van der Waals surface area contributed by atoms with Gasteiger partial charge in [-0.25, -0.2) is 0 Å². The first-order chi connectivity index (χ1) is 9.56. The van der Waals surface area contributed by atoms with Gasteiger partial charge in [-0.3, -0.25) is 9.59 Å². The maximum Gasteiger partial charge on any atom is 0.290 e. The van der Waals surface area contributed by atoms with E-state index in [2.05, 4.69) is 5.32 Å². The Morgan fingerprint density at radius 3 is 3.05 bits per heavy atom. The first kappa shape index (κ1) is 14.8. The summed E-state index contributed by atoms with van der Waals surface area (Å²) in [5.74, 6) is -2.69. The van der Waals surface area contributed by atoms with Crippen LogP contribution in [0.15, 0.2) is 16.5 Å². The lowest BCUT2D eigenvalue weighted by Crippen LogP contribution is -2.37. The monoisotopic (exact) mass is 304 g/mol. The van der Waals surface area contributed by atoms with Crippen LogP contribution in [0, 0.1) is 0 Å². The van der Waals surface area contributed by atoms with Gasteiger partial charge < -0.3 is 14.6 Å². The van der Waals surface area contributed by atoms with Gasteiger partial charge in [0.2, 0.25) is 5.91 Å². The summed E-state index contributed by atoms with van der Waals surface area (Å²) < 4.78 is 29.4. The van der Waals surface area contributed by atoms with Crippen LogP contribution in [0.3, 0.4) is 0 Å². The van der Waals surface area contributed by atoms with Gasteiger partial charge >= 0.3 is 0 Å². The minimum absolute atomic E-state index is 0.00539. The first-order valence-electron chi connectivity index (χ1n) is 6.10. The van der Waals surface area contributed by atoms with Crippen LogP contribution in [-0.4, -0.2) is 42.1 Å². The molecule has 0 atom stereocenters. The van der Waals surface area contributed by atoms with E-state index in [4.69, 9.17) is 4.42 Å². The second-order valence-corrected chi connectivity index (χ2v) is 5.25. The van der Waals surface area contributed by atoms with Crippen LogP contribution in [-0.2, 0) is 10.5 Å². The van der Waals surface area contributed by atoms with E-state index in [0.717, 1.165) is 0 Å². The second kappa shape index (κ2) is 6.74. The van der Waals surface area contributed by atoms with Gasteiger partial charge in [0, 0.05) is 13.1 Å². The lowest BCUT2D eigenvalue weighted by atomic mass is 10.3. The molecule has 1 N–H and O–H groups in total. The standard InChI is InChI=1S/C12H14F2N2O3S/c13-12(14)20-7-8-2-3-9(19-8)11(18)16-5-1-4-15-10(17)6-16/h2-3,12H,1,4-7H2,(H,15,17). The van der Waals surface area contributed by atoms with Gasteiger partial charge in [0.25, 0.3) is 11.7 Å². The minimum atomic E-state index is -2.48. The summed E-state index contributed by atoms with van der Waals surface area (Å²) in [4.78, 5) is 24.9. The number of furan rings is 1. The van der Waals surface area contributed by atoms with E-state index in [1.165, 1.54) is 17.0 Å². The third-order valence-corrected chi connectivity index (χ3v) is 3.48. The molecule has 5 nitrogen and oxygen atoms in total. The summed E-state index contributed by atoms with van der Waals surface area (Å²) in [5.41, 5.74) is 0. The predicted molar refractivity (Wildman–Crippen MR) is 69.5 cm³/mol. The molecule has 1 aromatic heterocycles. The smallest absolute Gasteiger partial charge is 0.290 e. The number of thioether (sulfide) groups is 1. The van der Waals surface area contributed by atoms with Crippen molar-refractivity contribution in [2.24, 2.45) is 0 Å². The molecule has 2 rings (SSSR count). The summed E-state index contributed by atoms with van der Waals surface area (Å²) in [5, 5.41) is 2.67. The normalized spacial score (nSPS) is 16.1. The zero-order valence-corrected chi connectivity index (χ0v) is 11.4. The highest BCUT2D eigenvalue weighted by molar-refractivity contribution is 7.98. The molecule has 1 aliphatic rings. The molecule has 1 fully saturated rings. The molecule has 0 radical (unpaired) electrons. The number of nitrogens with one attached hydrogen (secondary N) is 1. The Kier molecular flexibility index (Phi) is 4.99. The van der Waals surface area contributed by atoms with Crippen molar-refractivity contribution < 1.29 is 22.8 Å². The number of rotatable bonds is 4. The van der Waals surface area contributed by atoms with E-state index >= 15 is 0 Å². The fourth-order valence-corrected chi connectivity index (χ4v) is 2.30. The molecule has 1 saturated heterocycles. The Morgan fingerprint density at radius 1 is 1.50 bits per heavy atom. The van der Waals surface area contributed by atoms with Crippen molar-refractivity contribution in [2.75, 3.05) is 19.6 Å². The molecular weight excluding hydrogens is 290 g/mol. The van der Waals surface area contributed by atoms with Crippen molar-refractivity contribution in [3.63, 3.8) is 0 Å². The van der Waals surface area contributed by atoms with Crippen molar-refractivity contribution in [1.82, 2.24) is 10.2 Å². The highest BCUT2D eigenvalue weighted by Gasteiger charge is 2.23. The maximum atomic E-state index is 12.1. The van der Waals surface area contributed by atoms with Gasteiger partial charge in [-0.15, -0.1) is 0 Å². The fourth-order valence-electron chi connectivity index (χ4n) is 1.85. The Labute approximate surface area is 118 Å². The average Bonchev–Trinajstić information content (AvgIpc) is 2.77. The van der Waals surface area contributed by atoms with E-state index in [0.29, 0.717) is 37.0 Å². The molecule has 20 heavy (non-hydrogen) atoms. The zero-order chi connectivity index (χ0) is 14.5. The SMILES string of the molecule is O=C1CN(C(=O)c2ccc(CSC(F)F)o2)CCCN1. The van der Waals surface area contributed by atoms with Gasteiger partial charge in [-0.05, 0) is 18.6 Å². The third-order valence-electron chi connectivity index (χ3n) is 2.77. The lowest BCUT2D eigenvalue weighted by molar-refractivity contribution is -0.121. The van der Waals surface area contributed by atoms with Crippen molar-refractivity contribution in [3.8, 4) is 0 Å². The molecule has 0 saturated carbocycles. The largest absolute Gasteiger partial charge is 0.455 e. The summed E-state index contributed by atoms with van der Waals surface area (Å²) in [6.45, 7) is 0.983. The van der Waals surface area contributed by atoms with Crippen molar-refractivity contribution >= 4 is 23.6 Å². The molecule has 1 aromatic rings. The van der Waals surface area contributed by atoms with E-state index in [1.807, 2.05) is 0 Å². The molecule has 1 aliphatic heterocycles. The quantitative estimate of drug-likeness (QED) is 0.919. The number of halogens is 2. The fraction of sp³-hybridized carbons (Fsp3) is 0.500. The number of nitrogens with zero attached hydrogens (tertiary/aromatic N) is 1. The molecule has 110 valence electrons. The molecule has 0 unspecified atom stereocenters. The van der Waals surface area contributed by atoms with E-state index in [-0.39, 0.29) is 24.0 Å². The number of alkyl halides is 2. The van der Waals surface area contributed by atoms with Gasteiger partial charge in [0.05, 0.1) is 12.3 Å². The Bertz CT molecular complexity index is 493. The van der Waals surface area contributed by atoms with Crippen LogP contribution in [0.25, 0.3) is 0 Å². The number of carbonyl (C=O) groups excluding carboxylic acids is 2. The summed E-state index contributed by atoms with van der Waals surface area (Å²) >= 11 is 0.433. The zero-order valence-electron chi connectivity index (χ0n) is 10.6. The van der Waals surface area contributed by atoms with E-state index in [1.54, 1.807) is 0 Å². The minimum Gasteiger partial charge on any atom is -0.455 e. The maximum absolute atomic E-state index is 12.1. The van der Waals surface area contributed by atoms with Crippen LogP contribution in [0.4, 0.5) is 8.78 Å². The number of carbonyl (C=O) groups is 2. The van der Waals surface area contributed by atoms with Gasteiger partial charge in [-0.2, -0.15) is 8.78 Å². The number of amides is 2. The van der Waals surface area contributed by atoms with Crippen LogP contribution < -0.4 is 5.32 Å². The van der Waals surface area contributed by atoms with Crippen LogP contribution in [0.5, 0.6) is 0 Å². The first-order valence-corrected chi connectivity index (χ1v) is 7.15. The molecule has 8 heteroatoms. The molecule has 0 bridgehead atoms. The van der Waals surface area contributed by atoms with Crippen LogP contribution in [0.2, 0.25) is 0 Å². The Hall–Kier alpha value is -1.57. The summed E-state index contributed by atoms with van der Waals surface area (Å²) in [6, 6.07) is 2.95. The summed E-state index contributed by atoms with van der Waals surface area (Å²) in [6.07, 6.45) is 0.673. The summed E-state index contributed by atoms with van der Waals surface area (Å²) in [7, 11) is 0. The molecule has 0 spiro atoms. The second-order valence-electron chi connectivity index (χ2n) is 4.27.